The van der Waals surface area contributed by atoms with Gasteiger partial charge in [-0.2, -0.15) is 5.26 Å². The van der Waals surface area contributed by atoms with Crippen molar-refractivity contribution in [3.8, 4) is 11.8 Å². The van der Waals surface area contributed by atoms with E-state index in [1.165, 1.54) is 23.9 Å². The normalized spacial score (nSPS) is 10.2. The molecule has 0 saturated carbocycles. The second-order valence-corrected chi connectivity index (χ2v) is 5.62. The van der Waals surface area contributed by atoms with E-state index in [1.54, 1.807) is 6.07 Å². The number of methoxy groups -OCH3 is 1. The largest absolute Gasteiger partial charge is 0.464 e. The second-order valence-electron chi connectivity index (χ2n) is 3.97. The van der Waals surface area contributed by atoms with Gasteiger partial charge in [0.15, 0.2) is 11.5 Å². The van der Waals surface area contributed by atoms with Crippen LogP contribution in [0, 0.1) is 17.1 Å². The fraction of sp³-hybridized carbons (Fsp3) is 0.0769. The summed E-state index contributed by atoms with van der Waals surface area (Å²) >= 11 is 6.28. The predicted octanol–water partition coefficient (Wildman–Crippen LogP) is 3.38. The third-order valence-electron chi connectivity index (χ3n) is 2.82. The zero-order chi connectivity index (χ0) is 15.7. The van der Waals surface area contributed by atoms with Gasteiger partial charge in [-0.05, 0) is 44.0 Å². The number of nitrogens with two attached hydrogens (primary N) is 1. The molecule has 0 amide bonds. The lowest BCUT2D eigenvalue weighted by Crippen LogP contribution is -2.12. The van der Waals surface area contributed by atoms with Gasteiger partial charge in [-0.15, -0.1) is 0 Å². The zero-order valence-electron chi connectivity index (χ0n) is 10.7. The molecule has 1 aromatic carbocycles. The summed E-state index contributed by atoms with van der Waals surface area (Å²) < 4.78 is 20.9. The van der Waals surface area contributed by atoms with Gasteiger partial charge in [0.1, 0.15) is 6.07 Å². The molecule has 2 aromatic rings. The first-order chi connectivity index (χ1) is 9.92. The molecule has 0 saturated heterocycles. The van der Waals surface area contributed by atoms with Gasteiger partial charge in [0.2, 0.25) is 0 Å². The SMILES string of the molecule is COC(=O)c1c(N)c(C#N)cn1-c1ccc(Br)c(Br)c1F. The molecular formula is C13H8Br2FN3O2. The number of carbonyl (C=O) groups excluding carboxylic acids is 1. The highest BCUT2D eigenvalue weighted by atomic mass is 79.9. The molecule has 21 heavy (non-hydrogen) atoms. The number of ether oxygens (including phenoxy) is 1. The molecule has 2 rings (SSSR count). The molecule has 0 atom stereocenters. The Kier molecular flexibility index (Phi) is 4.34. The summed E-state index contributed by atoms with van der Waals surface area (Å²) in [4.78, 5) is 11.8. The number of nitriles is 1. The van der Waals surface area contributed by atoms with Crippen LogP contribution in [0.25, 0.3) is 5.69 Å². The van der Waals surface area contributed by atoms with Gasteiger partial charge < -0.3 is 15.0 Å². The Labute approximate surface area is 136 Å². The van der Waals surface area contributed by atoms with Crippen LogP contribution < -0.4 is 5.73 Å². The summed E-state index contributed by atoms with van der Waals surface area (Å²) in [5.74, 6) is -1.36. The lowest BCUT2D eigenvalue weighted by Gasteiger charge is -2.11. The Bertz CT molecular complexity index is 781. The van der Waals surface area contributed by atoms with Crippen molar-refractivity contribution in [3.63, 3.8) is 0 Å². The third kappa shape index (κ3) is 2.54. The fourth-order valence-electron chi connectivity index (χ4n) is 1.81. The fourth-order valence-corrected chi connectivity index (χ4v) is 2.45. The van der Waals surface area contributed by atoms with Crippen LogP contribution in [0.3, 0.4) is 0 Å². The average Bonchev–Trinajstić information content (AvgIpc) is 2.80. The molecule has 1 aromatic heterocycles. The molecule has 108 valence electrons. The topological polar surface area (TPSA) is 81.0 Å². The molecule has 0 aliphatic carbocycles. The van der Waals surface area contributed by atoms with Crippen molar-refractivity contribution < 1.29 is 13.9 Å². The number of nitrogen functional groups attached to an aromatic ring is 1. The van der Waals surface area contributed by atoms with E-state index in [9.17, 15) is 9.18 Å². The van der Waals surface area contributed by atoms with Crippen molar-refractivity contribution in [3.05, 3.63) is 44.3 Å². The average molecular weight is 417 g/mol. The maximum Gasteiger partial charge on any atom is 0.357 e. The van der Waals surface area contributed by atoms with Gasteiger partial charge in [0, 0.05) is 10.7 Å². The Morgan fingerprint density at radius 1 is 1.48 bits per heavy atom. The number of anilines is 1. The van der Waals surface area contributed by atoms with Gasteiger partial charge in [-0.1, -0.05) is 0 Å². The molecule has 0 radical (unpaired) electrons. The summed E-state index contributed by atoms with van der Waals surface area (Å²) in [6, 6.07) is 4.91. The van der Waals surface area contributed by atoms with Gasteiger partial charge in [-0.3, -0.25) is 0 Å². The lowest BCUT2D eigenvalue weighted by atomic mass is 10.2. The van der Waals surface area contributed by atoms with E-state index in [1.807, 2.05) is 6.07 Å². The molecule has 1 heterocycles. The van der Waals surface area contributed by atoms with Crippen LogP contribution in [-0.4, -0.2) is 17.6 Å². The highest BCUT2D eigenvalue weighted by Gasteiger charge is 2.24. The number of halogens is 3. The maximum atomic E-state index is 14.4. The van der Waals surface area contributed by atoms with E-state index in [4.69, 9.17) is 11.0 Å². The summed E-state index contributed by atoms with van der Waals surface area (Å²) in [5, 5.41) is 9.02. The van der Waals surface area contributed by atoms with Crippen molar-refractivity contribution in [2.45, 2.75) is 0 Å². The molecule has 2 N–H and O–H groups in total. The highest BCUT2D eigenvalue weighted by molar-refractivity contribution is 9.13. The van der Waals surface area contributed by atoms with E-state index >= 15 is 0 Å². The maximum absolute atomic E-state index is 14.4. The Hall–Kier alpha value is -1.85. The van der Waals surface area contributed by atoms with Crippen LogP contribution in [0.2, 0.25) is 0 Å². The lowest BCUT2D eigenvalue weighted by molar-refractivity contribution is 0.0593. The molecule has 0 spiro atoms. The second kappa shape index (κ2) is 5.87. The number of aromatic nitrogens is 1. The predicted molar refractivity (Wildman–Crippen MR) is 81.6 cm³/mol. The van der Waals surface area contributed by atoms with Gasteiger partial charge in [0.25, 0.3) is 0 Å². The van der Waals surface area contributed by atoms with Crippen LogP contribution in [-0.2, 0) is 4.74 Å². The van der Waals surface area contributed by atoms with Crippen LogP contribution in [0.5, 0.6) is 0 Å². The van der Waals surface area contributed by atoms with Gasteiger partial charge in [0.05, 0.1) is 28.5 Å². The quantitative estimate of drug-likeness (QED) is 0.601. The Morgan fingerprint density at radius 3 is 2.71 bits per heavy atom. The van der Waals surface area contributed by atoms with Crippen molar-refractivity contribution in [2.75, 3.05) is 12.8 Å². The highest BCUT2D eigenvalue weighted by Crippen LogP contribution is 2.32. The first-order valence-electron chi connectivity index (χ1n) is 5.55. The van der Waals surface area contributed by atoms with Crippen molar-refractivity contribution in [2.24, 2.45) is 0 Å². The molecular weight excluding hydrogens is 409 g/mol. The van der Waals surface area contributed by atoms with E-state index in [-0.39, 0.29) is 27.1 Å². The molecule has 5 nitrogen and oxygen atoms in total. The number of benzene rings is 1. The first kappa shape index (κ1) is 15.5. The van der Waals surface area contributed by atoms with Crippen LogP contribution in [0.15, 0.2) is 27.3 Å². The van der Waals surface area contributed by atoms with Crippen LogP contribution in [0.4, 0.5) is 10.1 Å². The smallest absolute Gasteiger partial charge is 0.357 e. The van der Waals surface area contributed by atoms with Gasteiger partial charge >= 0.3 is 5.97 Å². The minimum absolute atomic E-state index is 0.0530. The van der Waals surface area contributed by atoms with Gasteiger partial charge in [-0.25, -0.2) is 9.18 Å². The minimum Gasteiger partial charge on any atom is -0.464 e. The first-order valence-corrected chi connectivity index (χ1v) is 7.14. The number of rotatable bonds is 2. The number of hydrogen-bond donors (Lipinski definition) is 1. The third-order valence-corrected chi connectivity index (χ3v) is 4.79. The van der Waals surface area contributed by atoms with Crippen molar-refractivity contribution in [1.82, 2.24) is 4.57 Å². The summed E-state index contributed by atoms with van der Waals surface area (Å²) in [6.07, 6.45) is 1.29. The van der Waals surface area contributed by atoms with E-state index in [2.05, 4.69) is 36.6 Å². The molecule has 0 aliphatic rings. The number of hydrogen-bond acceptors (Lipinski definition) is 4. The van der Waals surface area contributed by atoms with Crippen LogP contribution >= 0.6 is 31.9 Å². The van der Waals surface area contributed by atoms with Crippen molar-refractivity contribution in [1.29, 1.82) is 5.26 Å². The molecule has 0 unspecified atom stereocenters. The van der Waals surface area contributed by atoms with E-state index < -0.39 is 11.8 Å². The number of nitrogens with zero attached hydrogens (tertiary/aromatic N) is 2. The molecule has 8 heteroatoms. The monoisotopic (exact) mass is 415 g/mol. The summed E-state index contributed by atoms with van der Waals surface area (Å²) in [5.41, 5.74) is 5.74. The summed E-state index contributed by atoms with van der Waals surface area (Å²) in [7, 11) is 1.18. The molecule has 0 fully saturated rings. The molecule has 0 aliphatic heterocycles. The number of carbonyl (C=O) groups is 1. The minimum atomic E-state index is -0.757. The molecule has 0 bridgehead atoms. The Balaban J connectivity index is 2.79. The van der Waals surface area contributed by atoms with E-state index in [0.717, 1.165) is 0 Å². The standard InChI is InChI=1S/C13H8Br2FN3O2/c1-21-13(20)12-11(18)6(4-17)5-19(12)8-3-2-7(14)9(15)10(8)16/h2-3,5H,18H2,1H3. The van der Waals surface area contributed by atoms with Crippen molar-refractivity contribution >= 4 is 43.5 Å². The zero-order valence-corrected chi connectivity index (χ0v) is 13.8. The van der Waals surface area contributed by atoms with E-state index in [0.29, 0.717) is 4.47 Å². The van der Waals surface area contributed by atoms with Crippen LogP contribution in [0.1, 0.15) is 16.1 Å². The number of esters is 1. The Morgan fingerprint density at radius 2 is 2.14 bits per heavy atom. The summed E-state index contributed by atoms with van der Waals surface area (Å²) in [6.45, 7) is 0.